The maximum Gasteiger partial charge on any atom is 0.251 e. The molecule has 1 N–H and O–H groups in total. The van der Waals surface area contributed by atoms with Gasteiger partial charge in [0, 0.05) is 42.0 Å². The van der Waals surface area contributed by atoms with Crippen molar-refractivity contribution in [3.05, 3.63) is 64.4 Å². The normalized spacial score (nSPS) is 17.0. The van der Waals surface area contributed by atoms with Gasteiger partial charge in [-0.1, -0.05) is 36.7 Å². The van der Waals surface area contributed by atoms with E-state index in [1.54, 1.807) is 23.2 Å². The van der Waals surface area contributed by atoms with Crippen molar-refractivity contribution in [2.45, 2.75) is 32.4 Å². The standard InChI is InChI=1S/C19H20ClN3O2/c1-2-15-9-13(7-8-21-15)19(25)22-16-10-18(24)23(12-16)11-14-5-3-4-6-17(14)20/h3-9,16H,2,10-12H2,1H3,(H,22,25). The highest BCUT2D eigenvalue weighted by atomic mass is 35.5. The average molecular weight is 358 g/mol. The van der Waals surface area contributed by atoms with Crippen molar-refractivity contribution >= 4 is 23.4 Å². The highest BCUT2D eigenvalue weighted by Gasteiger charge is 2.31. The summed E-state index contributed by atoms with van der Waals surface area (Å²) >= 11 is 6.17. The number of amides is 2. The minimum absolute atomic E-state index is 0.0224. The number of benzene rings is 1. The molecule has 1 aromatic carbocycles. The van der Waals surface area contributed by atoms with Gasteiger partial charge < -0.3 is 10.2 Å². The Hall–Kier alpha value is -2.40. The summed E-state index contributed by atoms with van der Waals surface area (Å²) < 4.78 is 0. The van der Waals surface area contributed by atoms with E-state index in [0.717, 1.165) is 17.7 Å². The van der Waals surface area contributed by atoms with Crippen molar-refractivity contribution in [3.8, 4) is 0 Å². The monoisotopic (exact) mass is 357 g/mol. The van der Waals surface area contributed by atoms with Gasteiger partial charge in [-0.15, -0.1) is 0 Å². The van der Waals surface area contributed by atoms with E-state index < -0.39 is 0 Å². The number of carbonyl (C=O) groups is 2. The van der Waals surface area contributed by atoms with E-state index in [-0.39, 0.29) is 17.9 Å². The zero-order valence-electron chi connectivity index (χ0n) is 14.0. The van der Waals surface area contributed by atoms with Gasteiger partial charge in [0.15, 0.2) is 0 Å². The second-order valence-electron chi connectivity index (χ2n) is 6.13. The largest absolute Gasteiger partial charge is 0.347 e. The van der Waals surface area contributed by atoms with Crippen LogP contribution < -0.4 is 5.32 Å². The number of aryl methyl sites for hydroxylation is 1. The van der Waals surface area contributed by atoms with Crippen molar-refractivity contribution in [3.63, 3.8) is 0 Å². The fourth-order valence-corrected chi connectivity index (χ4v) is 3.13. The van der Waals surface area contributed by atoms with Crippen molar-refractivity contribution in [2.24, 2.45) is 0 Å². The summed E-state index contributed by atoms with van der Waals surface area (Å²) in [5, 5.41) is 3.59. The molecular weight excluding hydrogens is 338 g/mol. The summed E-state index contributed by atoms with van der Waals surface area (Å²) in [4.78, 5) is 30.6. The third-order valence-corrected chi connectivity index (χ3v) is 4.68. The van der Waals surface area contributed by atoms with E-state index in [9.17, 15) is 9.59 Å². The van der Waals surface area contributed by atoms with Crippen LogP contribution in [0.15, 0.2) is 42.6 Å². The van der Waals surface area contributed by atoms with Crippen LogP contribution in [-0.2, 0) is 17.8 Å². The van der Waals surface area contributed by atoms with Gasteiger partial charge in [-0.25, -0.2) is 0 Å². The first kappa shape index (κ1) is 17.4. The molecule has 2 heterocycles. The van der Waals surface area contributed by atoms with Crippen LogP contribution in [0.3, 0.4) is 0 Å². The predicted octanol–water partition coefficient (Wildman–Crippen LogP) is 2.83. The van der Waals surface area contributed by atoms with Gasteiger partial charge in [0.1, 0.15) is 0 Å². The maximum atomic E-state index is 12.4. The van der Waals surface area contributed by atoms with Crippen molar-refractivity contribution in [1.29, 1.82) is 0 Å². The molecule has 1 aromatic heterocycles. The van der Waals surface area contributed by atoms with Crippen LogP contribution in [0.4, 0.5) is 0 Å². The first-order chi connectivity index (χ1) is 12.1. The van der Waals surface area contributed by atoms with Crippen molar-refractivity contribution in [1.82, 2.24) is 15.2 Å². The number of nitrogens with zero attached hydrogens (tertiary/aromatic N) is 2. The van der Waals surface area contributed by atoms with Gasteiger partial charge in [-0.2, -0.15) is 0 Å². The molecule has 0 saturated carbocycles. The van der Waals surface area contributed by atoms with Crippen LogP contribution >= 0.6 is 11.6 Å². The number of halogens is 1. The second kappa shape index (κ2) is 7.66. The molecule has 2 aromatic rings. The first-order valence-corrected chi connectivity index (χ1v) is 8.71. The number of carbonyl (C=O) groups excluding carboxylic acids is 2. The molecule has 130 valence electrons. The van der Waals surface area contributed by atoms with E-state index in [0.29, 0.717) is 30.1 Å². The van der Waals surface area contributed by atoms with Crippen LogP contribution in [0.2, 0.25) is 5.02 Å². The minimum atomic E-state index is -0.194. The van der Waals surface area contributed by atoms with Gasteiger partial charge in [0.2, 0.25) is 5.91 Å². The SMILES string of the molecule is CCc1cc(C(=O)NC2CC(=O)N(Cc3ccccc3Cl)C2)ccn1. The summed E-state index contributed by atoms with van der Waals surface area (Å²) in [5.41, 5.74) is 2.35. The quantitative estimate of drug-likeness (QED) is 0.895. The lowest BCUT2D eigenvalue weighted by atomic mass is 10.1. The van der Waals surface area contributed by atoms with E-state index in [2.05, 4.69) is 10.3 Å². The number of likely N-dealkylation sites (tertiary alicyclic amines) is 1. The predicted molar refractivity (Wildman–Crippen MR) is 96.4 cm³/mol. The fraction of sp³-hybridized carbons (Fsp3) is 0.316. The Morgan fingerprint density at radius 2 is 2.16 bits per heavy atom. The molecule has 5 nitrogen and oxygen atoms in total. The van der Waals surface area contributed by atoms with Gasteiger partial charge >= 0.3 is 0 Å². The Kier molecular flexibility index (Phi) is 5.34. The Balaban J connectivity index is 1.62. The molecule has 0 bridgehead atoms. The molecule has 6 heteroatoms. The minimum Gasteiger partial charge on any atom is -0.347 e. The zero-order chi connectivity index (χ0) is 17.8. The van der Waals surface area contributed by atoms with E-state index in [4.69, 9.17) is 11.6 Å². The molecule has 1 aliphatic rings. The maximum absolute atomic E-state index is 12.4. The number of rotatable bonds is 5. The molecule has 0 aliphatic carbocycles. The van der Waals surface area contributed by atoms with E-state index in [1.807, 2.05) is 31.2 Å². The molecule has 0 spiro atoms. The Morgan fingerprint density at radius 3 is 2.92 bits per heavy atom. The van der Waals surface area contributed by atoms with Gasteiger partial charge in [0.25, 0.3) is 5.91 Å². The zero-order valence-corrected chi connectivity index (χ0v) is 14.8. The number of pyridine rings is 1. The average Bonchev–Trinajstić information content (AvgIpc) is 2.96. The summed E-state index contributed by atoms with van der Waals surface area (Å²) in [6.45, 7) is 2.94. The van der Waals surface area contributed by atoms with Crippen LogP contribution in [0.5, 0.6) is 0 Å². The molecule has 2 amide bonds. The molecule has 1 aliphatic heterocycles. The summed E-state index contributed by atoms with van der Waals surface area (Å²) in [6.07, 6.45) is 2.72. The van der Waals surface area contributed by atoms with Crippen LogP contribution in [-0.4, -0.2) is 34.3 Å². The third-order valence-electron chi connectivity index (χ3n) is 4.31. The Morgan fingerprint density at radius 1 is 1.36 bits per heavy atom. The molecule has 1 saturated heterocycles. The number of hydrogen-bond acceptors (Lipinski definition) is 3. The van der Waals surface area contributed by atoms with Crippen LogP contribution in [0.1, 0.15) is 35.0 Å². The van der Waals surface area contributed by atoms with E-state index >= 15 is 0 Å². The number of nitrogens with one attached hydrogen (secondary N) is 1. The molecule has 3 rings (SSSR count). The van der Waals surface area contributed by atoms with E-state index in [1.165, 1.54) is 0 Å². The van der Waals surface area contributed by atoms with Gasteiger partial charge in [0.05, 0.1) is 6.04 Å². The summed E-state index contributed by atoms with van der Waals surface area (Å²) in [5.74, 6) is -0.149. The number of aromatic nitrogens is 1. The Bertz CT molecular complexity index is 794. The summed E-state index contributed by atoms with van der Waals surface area (Å²) in [6, 6.07) is 10.8. The molecule has 25 heavy (non-hydrogen) atoms. The molecular formula is C19H20ClN3O2. The van der Waals surface area contributed by atoms with Crippen LogP contribution in [0.25, 0.3) is 0 Å². The van der Waals surface area contributed by atoms with Crippen molar-refractivity contribution < 1.29 is 9.59 Å². The lowest BCUT2D eigenvalue weighted by Gasteiger charge is -2.18. The summed E-state index contributed by atoms with van der Waals surface area (Å²) in [7, 11) is 0. The molecule has 1 atom stereocenters. The highest BCUT2D eigenvalue weighted by Crippen LogP contribution is 2.21. The third kappa shape index (κ3) is 4.17. The topological polar surface area (TPSA) is 62.3 Å². The van der Waals surface area contributed by atoms with Gasteiger partial charge in [-0.3, -0.25) is 14.6 Å². The second-order valence-corrected chi connectivity index (χ2v) is 6.54. The smallest absolute Gasteiger partial charge is 0.251 e. The van der Waals surface area contributed by atoms with Gasteiger partial charge in [-0.05, 0) is 30.2 Å². The van der Waals surface area contributed by atoms with Crippen molar-refractivity contribution in [2.75, 3.05) is 6.54 Å². The molecule has 1 fully saturated rings. The Labute approximate surface area is 152 Å². The lowest BCUT2D eigenvalue weighted by molar-refractivity contribution is -0.128. The van der Waals surface area contributed by atoms with Crippen LogP contribution in [0, 0.1) is 0 Å². The lowest BCUT2D eigenvalue weighted by Crippen LogP contribution is -2.37. The first-order valence-electron chi connectivity index (χ1n) is 8.33. The fourth-order valence-electron chi connectivity index (χ4n) is 2.94. The molecule has 1 unspecified atom stereocenters. The number of hydrogen-bond donors (Lipinski definition) is 1. The molecule has 0 radical (unpaired) electrons. The highest BCUT2D eigenvalue weighted by molar-refractivity contribution is 6.31.